The van der Waals surface area contributed by atoms with Crippen LogP contribution in [0, 0.1) is 0 Å². The van der Waals surface area contributed by atoms with Crippen LogP contribution in [0.2, 0.25) is 0 Å². The molecular formula is C32H38O3Si2. The summed E-state index contributed by atoms with van der Waals surface area (Å²) in [4.78, 5) is 0. The number of hydrogen-bond acceptors (Lipinski definition) is 3. The van der Waals surface area contributed by atoms with Crippen LogP contribution in [0.25, 0.3) is 0 Å². The minimum Gasteiger partial charge on any atom is -0.401 e. The molecule has 37 heavy (non-hydrogen) atoms. The Kier molecular flexibility index (Phi) is 8.02. The first-order chi connectivity index (χ1) is 17.5. The van der Waals surface area contributed by atoms with E-state index in [1.165, 1.54) is 0 Å². The van der Waals surface area contributed by atoms with Crippen molar-refractivity contribution in [1.29, 1.82) is 0 Å². The largest absolute Gasteiger partial charge is 0.401 e. The molecule has 0 heterocycles. The van der Waals surface area contributed by atoms with Crippen LogP contribution in [0.4, 0.5) is 0 Å². The summed E-state index contributed by atoms with van der Waals surface area (Å²) < 4.78 is 22.1. The van der Waals surface area contributed by atoms with Gasteiger partial charge >= 0.3 is 17.1 Å². The third-order valence-corrected chi connectivity index (χ3v) is 14.3. The summed E-state index contributed by atoms with van der Waals surface area (Å²) in [7, 11) is -6.69. The molecule has 0 amide bonds. The van der Waals surface area contributed by atoms with E-state index in [1.54, 1.807) is 0 Å². The Morgan fingerprint density at radius 1 is 0.378 bits per heavy atom. The molecule has 0 unspecified atom stereocenters. The van der Waals surface area contributed by atoms with E-state index in [0.29, 0.717) is 0 Å². The van der Waals surface area contributed by atoms with Gasteiger partial charge in [-0.05, 0) is 62.3 Å². The van der Waals surface area contributed by atoms with E-state index in [9.17, 15) is 0 Å². The molecule has 0 aliphatic carbocycles. The van der Waals surface area contributed by atoms with E-state index in [-0.39, 0.29) is 0 Å². The average Bonchev–Trinajstić information content (AvgIpc) is 2.88. The van der Waals surface area contributed by atoms with Gasteiger partial charge in [-0.2, -0.15) is 0 Å². The summed E-state index contributed by atoms with van der Waals surface area (Å²) in [5, 5.41) is 4.21. The van der Waals surface area contributed by atoms with Crippen LogP contribution < -0.4 is 20.7 Å². The second-order valence-corrected chi connectivity index (χ2v) is 17.2. The first-order valence-corrected chi connectivity index (χ1v) is 16.5. The zero-order valence-corrected chi connectivity index (χ0v) is 24.8. The molecule has 4 aromatic carbocycles. The van der Waals surface area contributed by atoms with E-state index in [4.69, 9.17) is 13.0 Å². The monoisotopic (exact) mass is 526 g/mol. The van der Waals surface area contributed by atoms with E-state index in [0.717, 1.165) is 20.7 Å². The highest BCUT2D eigenvalue weighted by Crippen LogP contribution is 2.27. The standard InChI is InChI=1S/C32H38O3Si2/c1-31(2,3)33-36(27-19-11-7-12-20-27,28-21-13-8-14-22-28)35-37(34-32(4,5)6,29-23-15-9-16-24-29)30-25-17-10-18-26-30/h7-26H,1-6H3. The molecule has 0 aromatic heterocycles. The summed E-state index contributed by atoms with van der Waals surface area (Å²) >= 11 is 0. The Bertz CT molecular complexity index is 1070. The molecule has 5 heteroatoms. The van der Waals surface area contributed by atoms with E-state index < -0.39 is 28.3 Å². The first kappa shape index (κ1) is 27.2. The molecule has 0 fully saturated rings. The molecule has 3 nitrogen and oxygen atoms in total. The molecule has 0 atom stereocenters. The van der Waals surface area contributed by atoms with E-state index >= 15 is 0 Å². The number of hydrogen-bond donors (Lipinski definition) is 0. The van der Waals surface area contributed by atoms with Crippen molar-refractivity contribution in [2.24, 2.45) is 0 Å². The fraction of sp³-hybridized carbons (Fsp3) is 0.250. The predicted octanol–water partition coefficient (Wildman–Crippen LogP) is 5.15. The normalized spacial score (nSPS) is 12.9. The van der Waals surface area contributed by atoms with Crippen molar-refractivity contribution in [2.75, 3.05) is 0 Å². The molecule has 4 aromatic rings. The van der Waals surface area contributed by atoms with E-state index in [2.05, 4.69) is 139 Å². The molecule has 0 spiro atoms. The lowest BCUT2D eigenvalue weighted by Gasteiger charge is -2.46. The molecule has 0 radical (unpaired) electrons. The van der Waals surface area contributed by atoms with Crippen molar-refractivity contribution in [3.05, 3.63) is 121 Å². The molecular weight excluding hydrogens is 489 g/mol. The maximum Gasteiger partial charge on any atom is 0.399 e. The Morgan fingerprint density at radius 2 is 0.595 bits per heavy atom. The molecule has 0 bridgehead atoms. The van der Waals surface area contributed by atoms with Gasteiger partial charge in [0.15, 0.2) is 0 Å². The van der Waals surface area contributed by atoms with Gasteiger partial charge in [-0.3, -0.25) is 0 Å². The van der Waals surface area contributed by atoms with Crippen molar-refractivity contribution in [2.45, 2.75) is 52.7 Å². The summed E-state index contributed by atoms with van der Waals surface area (Å²) in [6.45, 7) is 12.6. The van der Waals surface area contributed by atoms with Gasteiger partial charge in [0.25, 0.3) is 0 Å². The maximum absolute atomic E-state index is 7.76. The third kappa shape index (κ3) is 6.37. The Balaban J connectivity index is 2.09. The predicted molar refractivity (Wildman–Crippen MR) is 159 cm³/mol. The molecule has 0 saturated heterocycles. The highest BCUT2D eigenvalue weighted by molar-refractivity contribution is 7.04. The van der Waals surface area contributed by atoms with Crippen LogP contribution in [0.5, 0.6) is 0 Å². The molecule has 192 valence electrons. The maximum atomic E-state index is 7.76. The summed E-state index contributed by atoms with van der Waals surface area (Å²) in [6.07, 6.45) is 0. The minimum atomic E-state index is -3.35. The molecule has 0 N–H and O–H groups in total. The zero-order valence-electron chi connectivity index (χ0n) is 22.8. The van der Waals surface area contributed by atoms with Crippen LogP contribution in [-0.4, -0.2) is 28.3 Å². The van der Waals surface area contributed by atoms with Gasteiger partial charge < -0.3 is 13.0 Å². The fourth-order valence-corrected chi connectivity index (χ4v) is 13.8. The highest BCUT2D eigenvalue weighted by atomic mass is 28.5. The molecule has 4 rings (SSSR count). The van der Waals surface area contributed by atoms with Crippen molar-refractivity contribution in [1.82, 2.24) is 0 Å². The van der Waals surface area contributed by atoms with Crippen molar-refractivity contribution in [3.8, 4) is 0 Å². The SMILES string of the molecule is CC(C)(C)O[Si](O[Si](OC(C)(C)C)(c1ccccc1)c1ccccc1)(c1ccccc1)c1ccccc1. The first-order valence-electron chi connectivity index (χ1n) is 12.9. The van der Waals surface area contributed by atoms with Crippen LogP contribution in [-0.2, 0) is 13.0 Å². The lowest BCUT2D eigenvalue weighted by Crippen LogP contribution is -2.77. The van der Waals surface area contributed by atoms with E-state index in [1.807, 2.05) is 24.3 Å². The van der Waals surface area contributed by atoms with Gasteiger partial charge in [0.2, 0.25) is 0 Å². The fourth-order valence-electron chi connectivity index (χ4n) is 4.54. The van der Waals surface area contributed by atoms with Gasteiger partial charge in [0, 0.05) is 0 Å². The second-order valence-electron chi connectivity index (χ2n) is 11.2. The lowest BCUT2D eigenvalue weighted by molar-refractivity contribution is 0.0709. The minimum absolute atomic E-state index is 0.465. The third-order valence-electron chi connectivity index (χ3n) is 5.80. The second kappa shape index (κ2) is 10.9. The Hall–Kier alpha value is -2.81. The van der Waals surface area contributed by atoms with Gasteiger partial charge in [0.05, 0.1) is 11.2 Å². The Morgan fingerprint density at radius 3 is 0.784 bits per heavy atom. The zero-order chi connectivity index (χ0) is 26.6. The van der Waals surface area contributed by atoms with Crippen molar-refractivity contribution >= 4 is 37.9 Å². The average molecular weight is 527 g/mol. The summed E-state index contributed by atoms with van der Waals surface area (Å²) in [6, 6.07) is 41.7. The lowest BCUT2D eigenvalue weighted by atomic mass is 10.2. The molecule has 0 aliphatic heterocycles. The van der Waals surface area contributed by atoms with Crippen LogP contribution in [0.3, 0.4) is 0 Å². The van der Waals surface area contributed by atoms with Gasteiger partial charge in [-0.25, -0.2) is 0 Å². The highest BCUT2D eigenvalue weighted by Gasteiger charge is 2.57. The van der Waals surface area contributed by atoms with Crippen LogP contribution in [0.1, 0.15) is 41.5 Å². The van der Waals surface area contributed by atoms with Crippen molar-refractivity contribution < 1.29 is 13.0 Å². The van der Waals surface area contributed by atoms with Gasteiger partial charge in [-0.1, -0.05) is 121 Å². The van der Waals surface area contributed by atoms with Crippen LogP contribution in [0.15, 0.2) is 121 Å². The van der Waals surface area contributed by atoms with Crippen molar-refractivity contribution in [3.63, 3.8) is 0 Å². The van der Waals surface area contributed by atoms with Gasteiger partial charge in [-0.15, -0.1) is 0 Å². The Labute approximate surface area is 224 Å². The number of benzene rings is 4. The summed E-state index contributed by atoms with van der Waals surface area (Å²) in [5.74, 6) is 0. The van der Waals surface area contributed by atoms with Crippen LogP contribution >= 0.6 is 0 Å². The molecule has 0 aliphatic rings. The smallest absolute Gasteiger partial charge is 0.399 e. The summed E-state index contributed by atoms with van der Waals surface area (Å²) in [5.41, 5.74) is -0.930. The number of rotatable bonds is 8. The topological polar surface area (TPSA) is 27.7 Å². The molecule has 0 saturated carbocycles. The van der Waals surface area contributed by atoms with Gasteiger partial charge in [0.1, 0.15) is 0 Å². The quantitative estimate of drug-likeness (QED) is 0.297.